The summed E-state index contributed by atoms with van der Waals surface area (Å²) < 4.78 is 123. The number of alkyl halides is 9. The van der Waals surface area contributed by atoms with E-state index in [2.05, 4.69) is 24.7 Å². The number of ether oxygens (including phenoxy) is 1. The van der Waals surface area contributed by atoms with Crippen LogP contribution >= 0.6 is 0 Å². The minimum absolute atomic E-state index is 0.0598. The summed E-state index contributed by atoms with van der Waals surface area (Å²) in [5.74, 6) is -1.48. The minimum atomic E-state index is -5.10. The maximum Gasteiger partial charge on any atom is 0.433 e. The first-order valence-corrected chi connectivity index (χ1v) is 10.7. The molecule has 2 N–H and O–H groups in total. The van der Waals surface area contributed by atoms with Gasteiger partial charge in [0.05, 0.1) is 17.0 Å². The van der Waals surface area contributed by atoms with E-state index in [1.54, 1.807) is 6.07 Å². The van der Waals surface area contributed by atoms with E-state index < -0.39 is 53.7 Å². The number of hydrogen-bond acceptors (Lipinski definition) is 6. The Morgan fingerprint density at radius 3 is 2.03 bits per heavy atom. The highest BCUT2D eigenvalue weighted by molar-refractivity contribution is 5.70. The molecule has 15 heteroatoms. The van der Waals surface area contributed by atoms with Crippen molar-refractivity contribution in [3.63, 3.8) is 0 Å². The van der Waals surface area contributed by atoms with Crippen LogP contribution in [0.4, 0.5) is 45.3 Å². The maximum absolute atomic E-state index is 13.7. The molecule has 0 bridgehead atoms. The van der Waals surface area contributed by atoms with Gasteiger partial charge in [-0.25, -0.2) is 15.0 Å². The van der Waals surface area contributed by atoms with Crippen LogP contribution in [0.5, 0.6) is 5.75 Å². The molecule has 4 rings (SSSR count). The molecule has 3 heterocycles. The van der Waals surface area contributed by atoms with Crippen molar-refractivity contribution in [1.29, 1.82) is 0 Å². The van der Waals surface area contributed by atoms with Gasteiger partial charge in [0.25, 0.3) is 0 Å². The summed E-state index contributed by atoms with van der Waals surface area (Å²) in [6, 6.07) is 7.88. The van der Waals surface area contributed by atoms with Gasteiger partial charge in [-0.05, 0) is 42.5 Å². The third-order valence-electron chi connectivity index (χ3n) is 5.09. The van der Waals surface area contributed by atoms with E-state index in [1.165, 1.54) is 30.6 Å². The molecule has 6 nitrogen and oxygen atoms in total. The van der Waals surface area contributed by atoms with Crippen molar-refractivity contribution in [2.45, 2.75) is 18.5 Å². The van der Waals surface area contributed by atoms with Gasteiger partial charge in [-0.15, -0.1) is 0 Å². The summed E-state index contributed by atoms with van der Waals surface area (Å²) in [6.45, 7) is -2.05. The zero-order valence-corrected chi connectivity index (χ0v) is 19.2. The lowest BCUT2D eigenvalue weighted by Crippen LogP contribution is -2.21. The number of aromatic nitrogens is 4. The van der Waals surface area contributed by atoms with Crippen LogP contribution in [0.25, 0.3) is 33.9 Å². The first-order valence-electron chi connectivity index (χ1n) is 10.7. The van der Waals surface area contributed by atoms with Gasteiger partial charge in [0.2, 0.25) is 0 Å². The number of nitrogens with two attached hydrogens (primary N) is 1. The second kappa shape index (κ2) is 10.0. The molecule has 4 aromatic rings. The molecule has 0 radical (unpaired) electrons. The maximum atomic E-state index is 13.7. The summed E-state index contributed by atoms with van der Waals surface area (Å²) in [6.07, 6.45) is -12.4. The highest BCUT2D eigenvalue weighted by Gasteiger charge is 2.37. The third-order valence-corrected chi connectivity index (χ3v) is 5.09. The summed E-state index contributed by atoms with van der Waals surface area (Å²) >= 11 is 0. The summed E-state index contributed by atoms with van der Waals surface area (Å²) in [7, 11) is 0. The number of nitrogens with zero attached hydrogens (tertiary/aromatic N) is 4. The van der Waals surface area contributed by atoms with Gasteiger partial charge in [-0.1, -0.05) is 6.07 Å². The molecule has 204 valence electrons. The van der Waals surface area contributed by atoms with Crippen molar-refractivity contribution in [3.8, 4) is 39.7 Å². The number of pyridine rings is 2. The zero-order chi connectivity index (χ0) is 28.6. The van der Waals surface area contributed by atoms with Crippen molar-refractivity contribution < 1.29 is 44.3 Å². The van der Waals surface area contributed by atoms with Crippen LogP contribution in [0.1, 0.15) is 11.3 Å². The molecule has 1 aromatic carbocycles. The molecular weight excluding hydrogens is 545 g/mol. The Morgan fingerprint density at radius 1 is 0.692 bits per heavy atom. The van der Waals surface area contributed by atoms with Crippen LogP contribution in [-0.2, 0) is 12.4 Å². The largest absolute Gasteiger partial charge is 0.483 e. The quantitative estimate of drug-likeness (QED) is 0.270. The number of benzene rings is 1. The Kier molecular flexibility index (Phi) is 7.10. The monoisotopic (exact) mass is 559 g/mol. The Bertz CT molecular complexity index is 1480. The number of halogens is 9. The molecule has 39 heavy (non-hydrogen) atoms. The van der Waals surface area contributed by atoms with Crippen LogP contribution in [-0.4, -0.2) is 32.7 Å². The lowest BCUT2D eigenvalue weighted by Gasteiger charge is -2.17. The fourth-order valence-corrected chi connectivity index (χ4v) is 3.35. The second-order valence-electron chi connectivity index (χ2n) is 7.97. The molecule has 3 aromatic heterocycles. The highest BCUT2D eigenvalue weighted by atomic mass is 19.4. The topological polar surface area (TPSA) is 86.8 Å². The number of hydrogen-bond donors (Lipinski definition) is 1. The van der Waals surface area contributed by atoms with Gasteiger partial charge in [0, 0.05) is 29.1 Å². The van der Waals surface area contributed by atoms with E-state index in [4.69, 9.17) is 5.73 Å². The van der Waals surface area contributed by atoms with E-state index in [9.17, 15) is 39.5 Å². The van der Waals surface area contributed by atoms with E-state index in [0.29, 0.717) is 23.8 Å². The van der Waals surface area contributed by atoms with Gasteiger partial charge in [-0.2, -0.15) is 39.5 Å². The van der Waals surface area contributed by atoms with Crippen molar-refractivity contribution >= 4 is 5.82 Å². The minimum Gasteiger partial charge on any atom is -0.483 e. The Balaban J connectivity index is 1.84. The molecule has 0 aliphatic heterocycles. The van der Waals surface area contributed by atoms with Crippen molar-refractivity contribution in [3.05, 3.63) is 72.2 Å². The van der Waals surface area contributed by atoms with E-state index in [-0.39, 0.29) is 22.6 Å². The molecule has 0 atom stereocenters. The van der Waals surface area contributed by atoms with Gasteiger partial charge in [0.1, 0.15) is 17.3 Å². The van der Waals surface area contributed by atoms with Crippen molar-refractivity contribution in [2.24, 2.45) is 0 Å². The summed E-state index contributed by atoms with van der Waals surface area (Å²) in [4.78, 5) is 15.6. The van der Waals surface area contributed by atoms with Gasteiger partial charge in [0.15, 0.2) is 12.4 Å². The predicted octanol–water partition coefficient (Wildman–Crippen LogP) is 6.83. The van der Waals surface area contributed by atoms with Crippen LogP contribution in [0, 0.1) is 0 Å². The average molecular weight is 559 g/mol. The SMILES string of the molecule is Nc1ccc(-c2cc(-c3nc(-c4ccc(C(F)(F)F)c(OCC(F)(F)F)c4)cc(C(F)(F)F)n3)ccn2)cn1. The first-order chi connectivity index (χ1) is 18.1. The Morgan fingerprint density at radius 2 is 1.41 bits per heavy atom. The molecule has 0 saturated carbocycles. The number of nitrogen functional groups attached to an aromatic ring is 1. The zero-order valence-electron chi connectivity index (χ0n) is 19.2. The predicted molar refractivity (Wildman–Crippen MR) is 120 cm³/mol. The molecule has 0 spiro atoms. The van der Waals surface area contributed by atoms with Gasteiger partial charge >= 0.3 is 18.5 Å². The molecule has 0 aliphatic carbocycles. The van der Waals surface area contributed by atoms with E-state index in [0.717, 1.165) is 6.07 Å². The lowest BCUT2D eigenvalue weighted by molar-refractivity contribution is -0.158. The summed E-state index contributed by atoms with van der Waals surface area (Å²) in [5, 5.41) is 0. The fourth-order valence-electron chi connectivity index (χ4n) is 3.35. The smallest absolute Gasteiger partial charge is 0.433 e. The van der Waals surface area contributed by atoms with Crippen LogP contribution in [0.2, 0.25) is 0 Å². The van der Waals surface area contributed by atoms with E-state index >= 15 is 0 Å². The van der Waals surface area contributed by atoms with Gasteiger partial charge < -0.3 is 10.5 Å². The number of anilines is 1. The molecule has 0 unspecified atom stereocenters. The third kappa shape index (κ3) is 6.72. The second-order valence-corrected chi connectivity index (χ2v) is 7.97. The van der Waals surface area contributed by atoms with Crippen LogP contribution < -0.4 is 10.5 Å². The van der Waals surface area contributed by atoms with Crippen molar-refractivity contribution in [1.82, 2.24) is 19.9 Å². The normalized spacial score (nSPS) is 12.4. The van der Waals surface area contributed by atoms with Crippen LogP contribution in [0.15, 0.2) is 60.9 Å². The number of rotatable bonds is 5. The van der Waals surface area contributed by atoms with E-state index in [1.807, 2.05) is 0 Å². The average Bonchev–Trinajstić information content (AvgIpc) is 2.86. The highest BCUT2D eigenvalue weighted by Crippen LogP contribution is 2.40. The van der Waals surface area contributed by atoms with Crippen molar-refractivity contribution in [2.75, 3.05) is 12.3 Å². The molecular formula is C24H14F9N5O. The molecule has 0 amide bonds. The van der Waals surface area contributed by atoms with Gasteiger partial charge in [-0.3, -0.25) is 4.98 Å². The fraction of sp³-hybridized carbons (Fsp3) is 0.167. The Hall–Kier alpha value is -4.43. The molecule has 0 fully saturated rings. The standard InChI is InChI=1S/C24H14F9N5O/c25-22(26,27)11-39-18-8-12(1-3-15(18)23(28,29)30)17-9-19(24(31,32)33)38-21(37-17)13-5-6-35-16(7-13)14-2-4-20(34)36-10-14/h1-10H,11H2,(H2,34,36). The van der Waals surface area contributed by atoms with Crippen LogP contribution in [0.3, 0.4) is 0 Å². The molecule has 0 aliphatic rings. The summed E-state index contributed by atoms with van der Waals surface area (Å²) in [5.41, 5.74) is 2.50. The first kappa shape index (κ1) is 27.6. The lowest BCUT2D eigenvalue weighted by atomic mass is 10.1. The molecule has 0 saturated heterocycles. The Labute approximate surface area is 213 Å².